The number of amides is 1. The van der Waals surface area contributed by atoms with Gasteiger partial charge < -0.3 is 10.4 Å². The largest absolute Gasteiger partial charge is 0.506 e. The molecule has 0 aliphatic heterocycles. The van der Waals surface area contributed by atoms with Gasteiger partial charge in [0.2, 0.25) is 5.91 Å². The lowest BCUT2D eigenvalue weighted by Crippen LogP contribution is -2.22. The van der Waals surface area contributed by atoms with Crippen LogP contribution in [0.4, 0.5) is 18.9 Å². The summed E-state index contributed by atoms with van der Waals surface area (Å²) < 4.78 is 37.0. The molecule has 1 aromatic carbocycles. The fourth-order valence-corrected chi connectivity index (χ4v) is 1.32. The molecule has 1 atom stereocenters. The fourth-order valence-electron chi connectivity index (χ4n) is 1.21. The van der Waals surface area contributed by atoms with Gasteiger partial charge in [-0.1, -0.05) is 22.9 Å². The lowest BCUT2D eigenvalue weighted by Gasteiger charge is -2.12. The molecule has 0 aliphatic carbocycles. The van der Waals surface area contributed by atoms with Gasteiger partial charge in [-0.05, 0) is 24.6 Å². The molecular weight excluding hydrogens is 315 g/mol. The minimum absolute atomic E-state index is 0.0501. The maximum atomic E-state index is 12.3. The molecule has 1 amide bonds. The molecule has 1 unspecified atom stereocenters. The normalized spacial score (nSPS) is 13.2. The molecule has 7 heteroatoms. The van der Waals surface area contributed by atoms with Gasteiger partial charge in [-0.15, -0.1) is 0 Å². The van der Waals surface area contributed by atoms with Crippen molar-refractivity contribution >= 4 is 27.5 Å². The number of carbonyl (C=O) groups excluding carboxylic acids is 1. The molecule has 0 aromatic heterocycles. The Morgan fingerprint density at radius 1 is 1.50 bits per heavy atom. The maximum Gasteiger partial charge on any atom is 0.416 e. The molecule has 0 heterocycles. The number of carbonyl (C=O) groups is 1. The number of phenolic OH excluding ortho intramolecular Hbond substituents is 1. The van der Waals surface area contributed by atoms with Crippen molar-refractivity contribution in [3.63, 3.8) is 0 Å². The van der Waals surface area contributed by atoms with Crippen LogP contribution in [0, 0.1) is 0 Å². The monoisotopic (exact) mass is 325 g/mol. The lowest BCUT2D eigenvalue weighted by atomic mass is 10.1. The topological polar surface area (TPSA) is 49.3 Å². The molecule has 0 spiro atoms. The van der Waals surface area contributed by atoms with Crippen LogP contribution in [-0.2, 0) is 11.0 Å². The second-order valence-corrected chi connectivity index (χ2v) is 4.70. The SMILES string of the molecule is CCC(Br)C(=O)Nc1ccc(C(F)(F)F)cc1O. The summed E-state index contributed by atoms with van der Waals surface area (Å²) in [5.41, 5.74) is -1.02. The first kappa shape index (κ1) is 14.8. The summed E-state index contributed by atoms with van der Waals surface area (Å²) >= 11 is 3.10. The van der Waals surface area contributed by atoms with Crippen molar-refractivity contribution < 1.29 is 23.1 Å². The Labute approximate surface area is 110 Å². The summed E-state index contributed by atoms with van der Waals surface area (Å²) in [7, 11) is 0. The van der Waals surface area contributed by atoms with Crippen molar-refractivity contribution in [3.05, 3.63) is 23.8 Å². The van der Waals surface area contributed by atoms with Gasteiger partial charge in [0.15, 0.2) is 0 Å². The predicted molar refractivity (Wildman–Crippen MR) is 64.7 cm³/mol. The molecule has 0 saturated heterocycles. The number of rotatable bonds is 3. The Kier molecular flexibility index (Phi) is 4.61. The Morgan fingerprint density at radius 2 is 2.11 bits per heavy atom. The number of nitrogens with one attached hydrogen (secondary N) is 1. The molecule has 3 nitrogen and oxygen atoms in total. The van der Waals surface area contributed by atoms with Crippen LogP contribution >= 0.6 is 15.9 Å². The van der Waals surface area contributed by atoms with E-state index in [1.165, 1.54) is 0 Å². The zero-order valence-electron chi connectivity index (χ0n) is 9.38. The second kappa shape index (κ2) is 5.60. The van der Waals surface area contributed by atoms with Crippen LogP contribution in [-0.4, -0.2) is 15.8 Å². The van der Waals surface area contributed by atoms with Crippen molar-refractivity contribution in [3.8, 4) is 5.75 Å². The summed E-state index contributed by atoms with van der Waals surface area (Å²) in [6.45, 7) is 1.77. The molecule has 0 bridgehead atoms. The van der Waals surface area contributed by atoms with E-state index < -0.39 is 28.2 Å². The van der Waals surface area contributed by atoms with Crippen molar-refractivity contribution in [2.75, 3.05) is 5.32 Å². The highest BCUT2D eigenvalue weighted by molar-refractivity contribution is 9.10. The van der Waals surface area contributed by atoms with Crippen LogP contribution in [0.2, 0.25) is 0 Å². The molecule has 2 N–H and O–H groups in total. The van der Waals surface area contributed by atoms with Crippen LogP contribution in [0.5, 0.6) is 5.75 Å². The summed E-state index contributed by atoms with van der Waals surface area (Å²) in [4.78, 5) is 11.0. The first-order chi connectivity index (χ1) is 8.25. The van der Waals surface area contributed by atoms with E-state index in [0.717, 1.165) is 12.1 Å². The van der Waals surface area contributed by atoms with E-state index >= 15 is 0 Å². The molecule has 0 aliphatic rings. The van der Waals surface area contributed by atoms with E-state index in [1.807, 2.05) is 0 Å². The molecule has 1 aromatic rings. The maximum absolute atomic E-state index is 12.3. The van der Waals surface area contributed by atoms with Gasteiger partial charge in [-0.3, -0.25) is 4.79 Å². The number of hydrogen-bond acceptors (Lipinski definition) is 2. The first-order valence-corrected chi connectivity index (χ1v) is 6.02. The van der Waals surface area contributed by atoms with Gasteiger partial charge in [0.05, 0.1) is 16.1 Å². The standard InChI is InChI=1S/C11H11BrF3NO2/c1-2-7(12)10(18)16-8-4-3-6(5-9(8)17)11(13,14)15/h3-5,7,17H,2H2,1H3,(H,16,18). The third-order valence-corrected chi connectivity index (χ3v) is 3.29. The number of aromatic hydroxyl groups is 1. The van der Waals surface area contributed by atoms with Gasteiger partial charge in [0.25, 0.3) is 0 Å². The lowest BCUT2D eigenvalue weighted by molar-refractivity contribution is -0.137. The van der Waals surface area contributed by atoms with Crippen LogP contribution in [0.25, 0.3) is 0 Å². The highest BCUT2D eigenvalue weighted by Crippen LogP contribution is 2.34. The first-order valence-electron chi connectivity index (χ1n) is 5.10. The molecule has 100 valence electrons. The number of halogens is 4. The number of hydrogen-bond donors (Lipinski definition) is 2. The van der Waals surface area contributed by atoms with E-state index in [2.05, 4.69) is 21.2 Å². The van der Waals surface area contributed by atoms with Crippen LogP contribution in [0.1, 0.15) is 18.9 Å². The van der Waals surface area contributed by atoms with Gasteiger partial charge in [-0.25, -0.2) is 0 Å². The van der Waals surface area contributed by atoms with E-state index in [0.29, 0.717) is 12.5 Å². The van der Waals surface area contributed by atoms with E-state index in [-0.39, 0.29) is 5.69 Å². The highest BCUT2D eigenvalue weighted by Gasteiger charge is 2.31. The average molecular weight is 326 g/mol. The average Bonchev–Trinajstić information content (AvgIpc) is 2.29. The predicted octanol–water partition coefficient (Wildman–Crippen LogP) is 3.52. The van der Waals surface area contributed by atoms with E-state index in [4.69, 9.17) is 0 Å². The number of alkyl halides is 4. The van der Waals surface area contributed by atoms with Crippen molar-refractivity contribution in [1.29, 1.82) is 0 Å². The molecule has 0 fully saturated rings. The third-order valence-electron chi connectivity index (χ3n) is 2.23. The Morgan fingerprint density at radius 3 is 2.56 bits per heavy atom. The van der Waals surface area contributed by atoms with Crippen molar-refractivity contribution in [2.24, 2.45) is 0 Å². The fraction of sp³-hybridized carbons (Fsp3) is 0.364. The molecule has 0 radical (unpaired) electrons. The molecule has 18 heavy (non-hydrogen) atoms. The van der Waals surface area contributed by atoms with Crippen molar-refractivity contribution in [1.82, 2.24) is 0 Å². The quantitative estimate of drug-likeness (QED) is 0.659. The molecule has 0 saturated carbocycles. The number of benzene rings is 1. The van der Waals surface area contributed by atoms with Crippen molar-refractivity contribution in [2.45, 2.75) is 24.3 Å². The smallest absolute Gasteiger partial charge is 0.416 e. The zero-order chi connectivity index (χ0) is 13.9. The van der Waals surface area contributed by atoms with Crippen LogP contribution in [0.15, 0.2) is 18.2 Å². The van der Waals surface area contributed by atoms with Crippen LogP contribution in [0.3, 0.4) is 0 Å². The molecular formula is C11H11BrF3NO2. The second-order valence-electron chi connectivity index (χ2n) is 3.59. The van der Waals surface area contributed by atoms with Gasteiger partial charge in [0.1, 0.15) is 5.75 Å². The Hall–Kier alpha value is -1.24. The van der Waals surface area contributed by atoms with E-state index in [9.17, 15) is 23.1 Å². The summed E-state index contributed by atoms with van der Waals surface area (Å²) in [6, 6.07) is 2.39. The third kappa shape index (κ3) is 3.63. The van der Waals surface area contributed by atoms with Gasteiger partial charge in [0, 0.05) is 0 Å². The minimum atomic E-state index is -4.53. The Balaban J connectivity index is 2.90. The zero-order valence-corrected chi connectivity index (χ0v) is 11.0. The number of phenols is 1. The summed E-state index contributed by atoms with van der Waals surface area (Å²) in [6.07, 6.45) is -4.01. The van der Waals surface area contributed by atoms with Gasteiger partial charge >= 0.3 is 6.18 Å². The Bertz CT molecular complexity index is 448. The number of anilines is 1. The van der Waals surface area contributed by atoms with Gasteiger partial charge in [-0.2, -0.15) is 13.2 Å². The van der Waals surface area contributed by atoms with E-state index in [1.54, 1.807) is 6.92 Å². The molecule has 1 rings (SSSR count). The summed E-state index contributed by atoms with van der Waals surface area (Å²) in [5, 5.41) is 11.8. The minimum Gasteiger partial charge on any atom is -0.506 e. The summed E-state index contributed by atoms with van der Waals surface area (Å²) in [5.74, 6) is -1.04. The van der Waals surface area contributed by atoms with Crippen LogP contribution < -0.4 is 5.32 Å². The highest BCUT2D eigenvalue weighted by atomic mass is 79.9.